The lowest BCUT2D eigenvalue weighted by Gasteiger charge is -2.18. The van der Waals surface area contributed by atoms with Crippen LogP contribution >= 0.6 is 11.3 Å². The first-order valence-electron chi connectivity index (χ1n) is 7.58. The summed E-state index contributed by atoms with van der Waals surface area (Å²) in [6, 6.07) is 11.9. The Morgan fingerprint density at radius 3 is 2.75 bits per heavy atom. The van der Waals surface area contributed by atoms with E-state index in [9.17, 15) is 9.59 Å². The first kappa shape index (κ1) is 14.8. The fraction of sp³-hybridized carbons (Fsp3) is 0.167. The molecule has 2 aliphatic heterocycles. The van der Waals surface area contributed by atoms with E-state index in [4.69, 9.17) is 0 Å². The Morgan fingerprint density at radius 1 is 1.17 bits per heavy atom. The van der Waals surface area contributed by atoms with E-state index in [0.29, 0.717) is 17.9 Å². The van der Waals surface area contributed by atoms with Crippen molar-refractivity contribution < 1.29 is 0 Å². The molecule has 4 rings (SSSR count). The smallest absolute Gasteiger partial charge is 0.320 e. The van der Waals surface area contributed by atoms with Crippen LogP contribution in [0.5, 0.6) is 0 Å². The highest BCUT2D eigenvalue weighted by atomic mass is 32.1. The Balaban J connectivity index is 2.15. The third-order valence-electron chi connectivity index (χ3n) is 4.19. The molecule has 0 saturated heterocycles. The standard InChI is InChI=1S/C18H15N3O2S/c1-11-5-6-15-12(8-11)9-14-16(19-18(23)20(2)17(14)22)21(15)10-13-4-3-7-24-13/h3-9H,10H2,1-2H3. The number of rotatable bonds is 2. The summed E-state index contributed by atoms with van der Waals surface area (Å²) >= 11 is 1.64. The van der Waals surface area contributed by atoms with Crippen molar-refractivity contribution in [2.45, 2.75) is 13.5 Å². The molecule has 1 aromatic carbocycles. The maximum absolute atomic E-state index is 12.5. The second kappa shape index (κ2) is 5.42. The predicted octanol–water partition coefficient (Wildman–Crippen LogP) is 2.62. The summed E-state index contributed by atoms with van der Waals surface area (Å²) in [5.41, 5.74) is 1.70. The van der Waals surface area contributed by atoms with Gasteiger partial charge in [-0.15, -0.1) is 11.3 Å². The number of nitrogens with zero attached hydrogens (tertiary/aromatic N) is 3. The van der Waals surface area contributed by atoms with Crippen LogP contribution in [0.25, 0.3) is 22.3 Å². The van der Waals surface area contributed by atoms with Crippen molar-refractivity contribution in [3.63, 3.8) is 0 Å². The van der Waals surface area contributed by atoms with E-state index in [0.717, 1.165) is 25.9 Å². The quantitative estimate of drug-likeness (QED) is 0.528. The van der Waals surface area contributed by atoms with Crippen molar-refractivity contribution in [1.29, 1.82) is 0 Å². The summed E-state index contributed by atoms with van der Waals surface area (Å²) in [5, 5.41) is 2.98. The van der Waals surface area contributed by atoms with Crippen LogP contribution in [0.3, 0.4) is 0 Å². The average molecular weight is 337 g/mol. The molecule has 0 atom stereocenters. The van der Waals surface area contributed by atoms with Crippen LogP contribution in [0.2, 0.25) is 0 Å². The second-order valence-electron chi connectivity index (χ2n) is 5.87. The van der Waals surface area contributed by atoms with Crippen LogP contribution in [0.15, 0.2) is 51.4 Å². The third kappa shape index (κ3) is 2.27. The maximum atomic E-state index is 12.5. The summed E-state index contributed by atoms with van der Waals surface area (Å²) in [6.45, 7) is 2.60. The number of fused-ring (bicyclic) bond motifs is 2. The number of aromatic nitrogens is 3. The molecule has 2 aliphatic rings. The molecule has 5 nitrogen and oxygen atoms in total. The van der Waals surface area contributed by atoms with Crippen molar-refractivity contribution in [2.75, 3.05) is 0 Å². The molecular weight excluding hydrogens is 322 g/mol. The summed E-state index contributed by atoms with van der Waals surface area (Å²) in [5.74, 6) is 0.438. The van der Waals surface area contributed by atoms with Gasteiger partial charge >= 0.3 is 5.69 Å². The van der Waals surface area contributed by atoms with Gasteiger partial charge in [0.05, 0.1) is 17.6 Å². The van der Waals surface area contributed by atoms with E-state index in [1.54, 1.807) is 11.3 Å². The maximum Gasteiger partial charge on any atom is 0.352 e. The number of aryl methyl sites for hydroxylation is 1. The van der Waals surface area contributed by atoms with E-state index >= 15 is 0 Å². The van der Waals surface area contributed by atoms with Crippen molar-refractivity contribution in [2.24, 2.45) is 7.05 Å². The van der Waals surface area contributed by atoms with Crippen LogP contribution in [-0.4, -0.2) is 14.1 Å². The minimum atomic E-state index is -0.529. The van der Waals surface area contributed by atoms with Crippen molar-refractivity contribution in [3.05, 3.63) is 73.1 Å². The summed E-state index contributed by atoms with van der Waals surface area (Å²) < 4.78 is 3.01. The van der Waals surface area contributed by atoms with Gasteiger partial charge in [0, 0.05) is 11.9 Å². The summed E-state index contributed by atoms with van der Waals surface area (Å²) in [4.78, 5) is 29.9. The number of thiophene rings is 1. The Kier molecular flexibility index (Phi) is 3.35. The largest absolute Gasteiger partial charge is 0.352 e. The minimum absolute atomic E-state index is 0.312. The molecule has 0 unspecified atom stereocenters. The van der Waals surface area contributed by atoms with Gasteiger partial charge in [0.15, 0.2) is 5.82 Å². The molecule has 0 fully saturated rings. The molecule has 0 N–H and O–H groups in total. The fourth-order valence-electron chi connectivity index (χ4n) is 2.94. The molecule has 6 heteroatoms. The van der Waals surface area contributed by atoms with Crippen molar-refractivity contribution in [3.8, 4) is 11.4 Å². The highest BCUT2D eigenvalue weighted by Crippen LogP contribution is 2.26. The van der Waals surface area contributed by atoms with Gasteiger partial charge in [-0.25, -0.2) is 4.79 Å². The normalized spacial score (nSPS) is 11.4. The zero-order valence-electron chi connectivity index (χ0n) is 13.3. The molecule has 120 valence electrons. The molecule has 0 amide bonds. The number of benzene rings is 1. The van der Waals surface area contributed by atoms with Gasteiger partial charge < -0.3 is 4.57 Å². The van der Waals surface area contributed by atoms with Crippen molar-refractivity contribution >= 4 is 22.2 Å². The van der Waals surface area contributed by atoms with E-state index in [1.807, 2.05) is 53.3 Å². The molecule has 0 saturated carbocycles. The lowest BCUT2D eigenvalue weighted by atomic mass is 10.1. The zero-order valence-corrected chi connectivity index (χ0v) is 14.1. The van der Waals surface area contributed by atoms with Gasteiger partial charge in [0.1, 0.15) is 0 Å². The second-order valence-corrected chi connectivity index (χ2v) is 6.90. The number of hydrogen-bond acceptors (Lipinski definition) is 4. The van der Waals surface area contributed by atoms with Crippen LogP contribution in [0.1, 0.15) is 10.4 Å². The molecule has 2 aromatic rings. The Morgan fingerprint density at radius 2 is 2.00 bits per heavy atom. The van der Waals surface area contributed by atoms with Crippen molar-refractivity contribution in [1.82, 2.24) is 14.1 Å². The van der Waals surface area contributed by atoms with Crippen LogP contribution in [0, 0.1) is 6.92 Å². The Hall–Kier alpha value is -2.73. The van der Waals surface area contributed by atoms with Crippen LogP contribution < -0.4 is 11.2 Å². The molecule has 0 spiro atoms. The average Bonchev–Trinajstić information content (AvgIpc) is 3.06. The first-order valence-corrected chi connectivity index (χ1v) is 8.46. The van der Waals surface area contributed by atoms with Gasteiger partial charge in [0.25, 0.3) is 5.56 Å². The molecule has 24 heavy (non-hydrogen) atoms. The topological polar surface area (TPSA) is 56.9 Å². The van der Waals surface area contributed by atoms with E-state index in [2.05, 4.69) is 4.98 Å². The van der Waals surface area contributed by atoms with E-state index in [-0.39, 0.29) is 5.56 Å². The van der Waals surface area contributed by atoms with Gasteiger partial charge in [-0.1, -0.05) is 17.7 Å². The molecular formula is C18H15N3O2S. The molecule has 3 heterocycles. The van der Waals surface area contributed by atoms with Gasteiger partial charge in [-0.3, -0.25) is 9.36 Å². The van der Waals surface area contributed by atoms with E-state index < -0.39 is 5.69 Å². The summed E-state index contributed by atoms with van der Waals surface area (Å²) in [7, 11) is 1.46. The molecule has 1 aromatic heterocycles. The lowest BCUT2D eigenvalue weighted by molar-refractivity contribution is 0.741. The highest BCUT2D eigenvalue weighted by Gasteiger charge is 2.19. The Bertz CT molecular complexity index is 1140. The minimum Gasteiger partial charge on any atom is -0.320 e. The summed E-state index contributed by atoms with van der Waals surface area (Å²) in [6.07, 6.45) is 0. The van der Waals surface area contributed by atoms with Gasteiger partial charge in [-0.05, 0) is 42.0 Å². The Labute approximate surface area is 141 Å². The van der Waals surface area contributed by atoms with Gasteiger partial charge in [0.2, 0.25) is 0 Å². The predicted molar refractivity (Wildman–Crippen MR) is 96.0 cm³/mol. The van der Waals surface area contributed by atoms with Crippen LogP contribution in [-0.2, 0) is 13.6 Å². The zero-order chi connectivity index (χ0) is 16.8. The number of pyridine rings is 1. The first-order chi connectivity index (χ1) is 11.5. The molecule has 0 aliphatic carbocycles. The molecule has 0 bridgehead atoms. The monoisotopic (exact) mass is 337 g/mol. The van der Waals surface area contributed by atoms with E-state index in [1.165, 1.54) is 7.05 Å². The number of hydrogen-bond donors (Lipinski definition) is 0. The highest BCUT2D eigenvalue weighted by molar-refractivity contribution is 7.09. The lowest BCUT2D eigenvalue weighted by Crippen LogP contribution is -2.36. The SMILES string of the molecule is Cc1ccc2c(c1)cc1c(=O)n(C)c(=O)nc-1n2Cc1cccs1. The molecule has 0 radical (unpaired) electrons. The third-order valence-corrected chi connectivity index (χ3v) is 5.05. The van der Waals surface area contributed by atoms with Gasteiger partial charge in [-0.2, -0.15) is 4.98 Å². The fourth-order valence-corrected chi connectivity index (χ4v) is 3.64. The van der Waals surface area contributed by atoms with Crippen LogP contribution in [0.4, 0.5) is 0 Å².